The first kappa shape index (κ1) is 14.6. The molecule has 1 aromatic heterocycles. The van der Waals surface area contributed by atoms with E-state index in [1.165, 1.54) is 0 Å². The Morgan fingerprint density at radius 2 is 2.10 bits per heavy atom. The molecule has 5 heteroatoms. The lowest BCUT2D eigenvalue weighted by atomic mass is 9.95. The number of pyridine rings is 1. The number of rotatable bonds is 4. The van der Waals surface area contributed by atoms with Crippen molar-refractivity contribution in [1.29, 1.82) is 0 Å². The molecule has 0 bridgehead atoms. The fourth-order valence-corrected chi connectivity index (χ4v) is 2.51. The standard InChI is InChI=1S/C15H18ClN3O/c1-9-6-7-19-15(17)13(9)14(18-2)11-5-4-10(16)8-12(11)20-3/h4-8,14,18H,1-3H3,(H2,17,19). The van der Waals surface area contributed by atoms with Gasteiger partial charge >= 0.3 is 0 Å². The average Bonchev–Trinajstić information content (AvgIpc) is 2.43. The van der Waals surface area contributed by atoms with Gasteiger partial charge in [0.1, 0.15) is 11.6 Å². The van der Waals surface area contributed by atoms with Crippen molar-refractivity contribution in [3.63, 3.8) is 0 Å². The first-order chi connectivity index (χ1) is 9.58. The van der Waals surface area contributed by atoms with Crippen LogP contribution in [0.1, 0.15) is 22.7 Å². The van der Waals surface area contributed by atoms with E-state index in [4.69, 9.17) is 22.1 Å². The number of benzene rings is 1. The van der Waals surface area contributed by atoms with Crippen LogP contribution in [0.3, 0.4) is 0 Å². The van der Waals surface area contributed by atoms with Gasteiger partial charge in [0, 0.05) is 22.3 Å². The second-order valence-electron chi connectivity index (χ2n) is 4.53. The van der Waals surface area contributed by atoms with Crippen LogP contribution in [0.25, 0.3) is 0 Å². The van der Waals surface area contributed by atoms with Crippen LogP contribution < -0.4 is 15.8 Å². The highest BCUT2D eigenvalue weighted by molar-refractivity contribution is 6.30. The van der Waals surface area contributed by atoms with E-state index in [0.717, 1.165) is 22.4 Å². The van der Waals surface area contributed by atoms with Gasteiger partial charge < -0.3 is 15.8 Å². The van der Waals surface area contributed by atoms with Gasteiger partial charge in [-0.05, 0) is 37.7 Å². The lowest BCUT2D eigenvalue weighted by Crippen LogP contribution is -2.21. The van der Waals surface area contributed by atoms with Crippen molar-refractivity contribution in [2.75, 3.05) is 19.9 Å². The molecule has 1 heterocycles. The summed E-state index contributed by atoms with van der Waals surface area (Å²) in [6.45, 7) is 2.01. The SMILES string of the molecule is CNC(c1ccc(Cl)cc1OC)c1c(C)ccnc1N. The van der Waals surface area contributed by atoms with Crippen LogP contribution >= 0.6 is 11.6 Å². The third kappa shape index (κ3) is 2.71. The molecule has 2 aromatic rings. The Hall–Kier alpha value is -1.78. The van der Waals surface area contributed by atoms with Crippen molar-refractivity contribution < 1.29 is 4.74 Å². The number of aryl methyl sites for hydroxylation is 1. The van der Waals surface area contributed by atoms with Gasteiger partial charge in [-0.25, -0.2) is 4.98 Å². The zero-order chi connectivity index (χ0) is 14.7. The van der Waals surface area contributed by atoms with Crippen LogP contribution in [-0.4, -0.2) is 19.1 Å². The minimum absolute atomic E-state index is 0.101. The van der Waals surface area contributed by atoms with Crippen LogP contribution in [0.2, 0.25) is 5.02 Å². The molecule has 4 nitrogen and oxygen atoms in total. The Bertz CT molecular complexity index is 596. The van der Waals surface area contributed by atoms with Gasteiger partial charge in [-0.3, -0.25) is 0 Å². The van der Waals surface area contributed by atoms with E-state index in [-0.39, 0.29) is 6.04 Å². The Morgan fingerprint density at radius 1 is 1.35 bits per heavy atom. The van der Waals surface area contributed by atoms with E-state index in [2.05, 4.69) is 10.3 Å². The molecule has 2 rings (SSSR count). The summed E-state index contributed by atoms with van der Waals surface area (Å²) in [5.41, 5.74) is 9.04. The molecule has 0 fully saturated rings. The summed E-state index contributed by atoms with van der Waals surface area (Å²) >= 11 is 6.01. The Kier molecular flexibility index (Phi) is 4.47. The summed E-state index contributed by atoms with van der Waals surface area (Å²) in [5.74, 6) is 1.24. The van der Waals surface area contributed by atoms with Crippen LogP contribution in [0.4, 0.5) is 5.82 Å². The number of aromatic nitrogens is 1. The predicted octanol–water partition coefficient (Wildman–Crippen LogP) is 2.94. The van der Waals surface area contributed by atoms with E-state index >= 15 is 0 Å². The summed E-state index contributed by atoms with van der Waals surface area (Å²) in [6, 6.07) is 7.41. The molecule has 0 radical (unpaired) electrons. The molecule has 0 aliphatic rings. The lowest BCUT2D eigenvalue weighted by molar-refractivity contribution is 0.405. The summed E-state index contributed by atoms with van der Waals surface area (Å²) < 4.78 is 5.42. The van der Waals surface area contributed by atoms with E-state index in [9.17, 15) is 0 Å². The topological polar surface area (TPSA) is 60.2 Å². The molecule has 0 saturated heterocycles. The average molecular weight is 292 g/mol. The molecular formula is C15H18ClN3O. The van der Waals surface area contributed by atoms with Crippen LogP contribution in [0.15, 0.2) is 30.5 Å². The highest BCUT2D eigenvalue weighted by Gasteiger charge is 2.21. The van der Waals surface area contributed by atoms with Crippen molar-refractivity contribution in [3.8, 4) is 5.75 Å². The predicted molar refractivity (Wildman–Crippen MR) is 82.3 cm³/mol. The van der Waals surface area contributed by atoms with Crippen molar-refractivity contribution in [3.05, 3.63) is 52.2 Å². The first-order valence-corrected chi connectivity index (χ1v) is 6.68. The quantitative estimate of drug-likeness (QED) is 0.909. The Morgan fingerprint density at radius 3 is 2.70 bits per heavy atom. The van der Waals surface area contributed by atoms with Crippen LogP contribution in [0, 0.1) is 6.92 Å². The molecule has 1 atom stereocenters. The fourth-order valence-electron chi connectivity index (χ4n) is 2.35. The largest absolute Gasteiger partial charge is 0.496 e. The van der Waals surface area contributed by atoms with E-state index in [0.29, 0.717) is 10.8 Å². The van der Waals surface area contributed by atoms with Gasteiger partial charge in [0.25, 0.3) is 0 Å². The molecule has 20 heavy (non-hydrogen) atoms. The highest BCUT2D eigenvalue weighted by atomic mass is 35.5. The van der Waals surface area contributed by atoms with Crippen molar-refractivity contribution in [2.24, 2.45) is 0 Å². The van der Waals surface area contributed by atoms with Crippen LogP contribution in [-0.2, 0) is 0 Å². The number of hydrogen-bond donors (Lipinski definition) is 2. The Labute approximate surface area is 123 Å². The number of nitrogens with two attached hydrogens (primary N) is 1. The maximum Gasteiger partial charge on any atom is 0.128 e. The summed E-state index contributed by atoms with van der Waals surface area (Å²) in [7, 11) is 3.51. The summed E-state index contributed by atoms with van der Waals surface area (Å²) in [6.07, 6.45) is 1.71. The second-order valence-corrected chi connectivity index (χ2v) is 4.97. The van der Waals surface area contributed by atoms with E-state index in [1.54, 1.807) is 19.4 Å². The lowest BCUT2D eigenvalue weighted by Gasteiger charge is -2.22. The molecule has 106 valence electrons. The molecule has 3 N–H and O–H groups in total. The minimum Gasteiger partial charge on any atom is -0.496 e. The van der Waals surface area contributed by atoms with Crippen LogP contribution in [0.5, 0.6) is 5.75 Å². The fraction of sp³-hybridized carbons (Fsp3) is 0.267. The number of anilines is 1. The second kappa shape index (κ2) is 6.11. The molecule has 0 aliphatic heterocycles. The normalized spacial score (nSPS) is 12.2. The smallest absolute Gasteiger partial charge is 0.128 e. The molecule has 0 spiro atoms. The van der Waals surface area contributed by atoms with E-state index in [1.807, 2.05) is 32.2 Å². The number of nitrogens with one attached hydrogen (secondary N) is 1. The van der Waals surface area contributed by atoms with Crippen molar-refractivity contribution >= 4 is 17.4 Å². The highest BCUT2D eigenvalue weighted by Crippen LogP contribution is 2.35. The van der Waals surface area contributed by atoms with Gasteiger partial charge in [-0.1, -0.05) is 17.7 Å². The number of hydrogen-bond acceptors (Lipinski definition) is 4. The first-order valence-electron chi connectivity index (χ1n) is 6.30. The third-order valence-electron chi connectivity index (χ3n) is 3.32. The number of nitrogen functional groups attached to an aromatic ring is 1. The molecule has 0 saturated carbocycles. The zero-order valence-corrected chi connectivity index (χ0v) is 12.5. The van der Waals surface area contributed by atoms with Gasteiger partial charge in [0.05, 0.1) is 13.2 Å². The molecule has 0 aliphatic carbocycles. The molecule has 1 aromatic carbocycles. The number of methoxy groups -OCH3 is 1. The van der Waals surface area contributed by atoms with Gasteiger partial charge in [-0.15, -0.1) is 0 Å². The zero-order valence-electron chi connectivity index (χ0n) is 11.8. The maximum absolute atomic E-state index is 6.04. The minimum atomic E-state index is -0.101. The maximum atomic E-state index is 6.04. The molecular weight excluding hydrogens is 274 g/mol. The van der Waals surface area contributed by atoms with Crippen molar-refractivity contribution in [2.45, 2.75) is 13.0 Å². The van der Waals surface area contributed by atoms with Gasteiger partial charge in [-0.2, -0.15) is 0 Å². The van der Waals surface area contributed by atoms with Gasteiger partial charge in [0.15, 0.2) is 0 Å². The van der Waals surface area contributed by atoms with Crippen molar-refractivity contribution in [1.82, 2.24) is 10.3 Å². The molecule has 1 unspecified atom stereocenters. The monoisotopic (exact) mass is 291 g/mol. The molecule has 0 amide bonds. The third-order valence-corrected chi connectivity index (χ3v) is 3.56. The Balaban J connectivity index is 2.58. The number of nitrogens with zero attached hydrogens (tertiary/aromatic N) is 1. The van der Waals surface area contributed by atoms with Gasteiger partial charge in [0.2, 0.25) is 0 Å². The summed E-state index contributed by atoms with van der Waals surface area (Å²) in [5, 5.41) is 3.90. The summed E-state index contributed by atoms with van der Waals surface area (Å²) in [4.78, 5) is 4.18. The number of halogens is 1. The van der Waals surface area contributed by atoms with E-state index < -0.39 is 0 Å². The number of ether oxygens (including phenoxy) is 1.